The minimum absolute atomic E-state index is 0.162. The molecule has 0 aliphatic rings. The van der Waals surface area contributed by atoms with Gasteiger partial charge in [-0.1, -0.05) is 23.8 Å². The minimum atomic E-state index is -4.67. The van der Waals surface area contributed by atoms with Gasteiger partial charge in [0, 0.05) is 10.9 Å². The molecule has 0 unspecified atom stereocenters. The van der Waals surface area contributed by atoms with E-state index in [1.54, 1.807) is 19.1 Å². The summed E-state index contributed by atoms with van der Waals surface area (Å²) in [7, 11) is 1.46. The molecule has 3 nitrogen and oxygen atoms in total. The summed E-state index contributed by atoms with van der Waals surface area (Å²) >= 11 is 0. The van der Waals surface area contributed by atoms with Crippen LogP contribution in [0, 0.1) is 6.92 Å². The fraction of sp³-hybridized carbons (Fsp3) is 0.167. The molecule has 0 atom stereocenters. The zero-order valence-electron chi connectivity index (χ0n) is 13.0. The Hall–Kier alpha value is -2.76. The maximum Gasteiger partial charge on any atom is 0.432 e. The molecule has 24 heavy (non-hydrogen) atoms. The molecule has 0 aliphatic carbocycles. The average Bonchev–Trinajstić information content (AvgIpc) is 2.54. The third-order valence-corrected chi connectivity index (χ3v) is 3.82. The lowest BCUT2D eigenvalue weighted by molar-refractivity contribution is -0.140. The smallest absolute Gasteiger partial charge is 0.432 e. The van der Waals surface area contributed by atoms with Gasteiger partial charge in [-0.3, -0.25) is 4.79 Å². The standard InChI is InChI=1S/C18H14F3NO2/c1-10-3-8-14-13(9-10)16(23)15(17(22-14)18(19,20)21)11-4-6-12(24-2)7-5-11/h3-9H,1-2H3,(H,22,23). The Morgan fingerprint density at radius 3 is 2.29 bits per heavy atom. The Labute approximate surface area is 135 Å². The van der Waals surface area contributed by atoms with E-state index in [-0.39, 0.29) is 22.0 Å². The van der Waals surface area contributed by atoms with Crippen molar-refractivity contribution in [3.63, 3.8) is 0 Å². The summed E-state index contributed by atoms with van der Waals surface area (Å²) in [6.07, 6.45) is -4.67. The average molecular weight is 333 g/mol. The fourth-order valence-corrected chi connectivity index (χ4v) is 2.65. The molecule has 1 N–H and O–H groups in total. The number of alkyl halides is 3. The van der Waals surface area contributed by atoms with Gasteiger partial charge in [-0.05, 0) is 36.8 Å². The van der Waals surface area contributed by atoms with E-state index in [0.29, 0.717) is 5.75 Å². The van der Waals surface area contributed by atoms with Crippen LogP contribution in [0.5, 0.6) is 5.75 Å². The molecule has 0 spiro atoms. The number of hydrogen-bond acceptors (Lipinski definition) is 2. The number of ether oxygens (including phenoxy) is 1. The molecule has 6 heteroatoms. The van der Waals surface area contributed by atoms with E-state index in [0.717, 1.165) is 5.56 Å². The van der Waals surface area contributed by atoms with Gasteiger partial charge in [-0.25, -0.2) is 0 Å². The number of rotatable bonds is 2. The molecule has 0 bridgehead atoms. The van der Waals surface area contributed by atoms with Crippen molar-refractivity contribution in [3.05, 3.63) is 63.9 Å². The highest BCUT2D eigenvalue weighted by molar-refractivity contribution is 5.85. The zero-order valence-corrected chi connectivity index (χ0v) is 13.0. The highest BCUT2D eigenvalue weighted by Gasteiger charge is 2.36. The van der Waals surface area contributed by atoms with Crippen LogP contribution < -0.4 is 10.2 Å². The lowest BCUT2D eigenvalue weighted by Crippen LogP contribution is -2.18. The Morgan fingerprint density at radius 2 is 1.71 bits per heavy atom. The van der Waals surface area contributed by atoms with Crippen molar-refractivity contribution in [3.8, 4) is 16.9 Å². The lowest BCUT2D eigenvalue weighted by Gasteiger charge is -2.14. The summed E-state index contributed by atoms with van der Waals surface area (Å²) in [6.45, 7) is 1.78. The Bertz CT molecular complexity index is 957. The molecule has 2 aromatic carbocycles. The van der Waals surface area contributed by atoms with E-state index in [1.807, 2.05) is 0 Å². The molecule has 3 aromatic rings. The summed E-state index contributed by atoms with van der Waals surface area (Å²) in [4.78, 5) is 15.1. The third kappa shape index (κ3) is 2.75. The van der Waals surface area contributed by atoms with Crippen molar-refractivity contribution in [2.45, 2.75) is 13.1 Å². The van der Waals surface area contributed by atoms with E-state index in [2.05, 4.69) is 4.98 Å². The first-order valence-corrected chi connectivity index (χ1v) is 7.19. The van der Waals surface area contributed by atoms with E-state index >= 15 is 0 Å². The Balaban J connectivity index is 2.38. The largest absolute Gasteiger partial charge is 0.497 e. The number of aromatic amines is 1. The van der Waals surface area contributed by atoms with Crippen LogP contribution in [0.1, 0.15) is 11.3 Å². The van der Waals surface area contributed by atoms with Crippen LogP contribution in [-0.4, -0.2) is 12.1 Å². The predicted molar refractivity (Wildman–Crippen MR) is 86.3 cm³/mol. The highest BCUT2D eigenvalue weighted by atomic mass is 19.4. The highest BCUT2D eigenvalue weighted by Crippen LogP contribution is 2.35. The second kappa shape index (κ2) is 5.70. The third-order valence-electron chi connectivity index (χ3n) is 3.82. The number of aromatic nitrogens is 1. The zero-order chi connectivity index (χ0) is 17.5. The van der Waals surface area contributed by atoms with E-state index in [9.17, 15) is 18.0 Å². The van der Waals surface area contributed by atoms with Crippen molar-refractivity contribution in [1.29, 1.82) is 0 Å². The normalized spacial score (nSPS) is 11.7. The lowest BCUT2D eigenvalue weighted by atomic mass is 9.99. The molecule has 0 saturated carbocycles. The minimum Gasteiger partial charge on any atom is -0.497 e. The Kier molecular flexibility index (Phi) is 3.83. The van der Waals surface area contributed by atoms with Gasteiger partial charge >= 0.3 is 6.18 Å². The summed E-state index contributed by atoms with van der Waals surface area (Å²) in [6, 6.07) is 10.7. The molecule has 0 radical (unpaired) electrons. The predicted octanol–water partition coefficient (Wildman–Crippen LogP) is 4.53. The van der Waals surface area contributed by atoms with Crippen molar-refractivity contribution in [1.82, 2.24) is 4.98 Å². The second-order valence-corrected chi connectivity index (χ2v) is 5.48. The van der Waals surface area contributed by atoms with Crippen molar-refractivity contribution in [2.24, 2.45) is 0 Å². The van der Waals surface area contributed by atoms with Gasteiger partial charge < -0.3 is 9.72 Å². The molecule has 124 valence electrons. The van der Waals surface area contributed by atoms with Gasteiger partial charge in [-0.15, -0.1) is 0 Å². The molecule has 1 heterocycles. The number of nitrogens with one attached hydrogen (secondary N) is 1. The number of fused-ring (bicyclic) bond motifs is 1. The maximum atomic E-state index is 13.5. The Morgan fingerprint density at radius 1 is 1.04 bits per heavy atom. The maximum absolute atomic E-state index is 13.5. The van der Waals surface area contributed by atoms with Crippen LogP contribution in [0.2, 0.25) is 0 Å². The number of H-pyrrole nitrogens is 1. The van der Waals surface area contributed by atoms with E-state index in [4.69, 9.17) is 4.74 Å². The molecule has 0 aliphatic heterocycles. The van der Waals surface area contributed by atoms with Gasteiger partial charge in [-0.2, -0.15) is 13.2 Å². The topological polar surface area (TPSA) is 42.1 Å². The van der Waals surface area contributed by atoms with Gasteiger partial charge in [0.25, 0.3) is 0 Å². The monoisotopic (exact) mass is 333 g/mol. The molecule has 0 fully saturated rings. The van der Waals surface area contributed by atoms with Crippen molar-refractivity contribution < 1.29 is 17.9 Å². The number of benzene rings is 2. The number of aryl methyl sites for hydroxylation is 1. The van der Waals surface area contributed by atoms with Crippen LogP contribution in [0.15, 0.2) is 47.3 Å². The number of methoxy groups -OCH3 is 1. The summed E-state index contributed by atoms with van der Waals surface area (Å²) in [5.74, 6) is 0.500. The van der Waals surface area contributed by atoms with Crippen molar-refractivity contribution >= 4 is 10.9 Å². The van der Waals surface area contributed by atoms with Gasteiger partial charge in [0.15, 0.2) is 5.43 Å². The quantitative estimate of drug-likeness (QED) is 0.748. The van der Waals surface area contributed by atoms with Gasteiger partial charge in [0.2, 0.25) is 0 Å². The second-order valence-electron chi connectivity index (χ2n) is 5.48. The molecular weight excluding hydrogens is 319 g/mol. The summed E-state index contributed by atoms with van der Waals surface area (Å²) < 4.78 is 45.4. The summed E-state index contributed by atoms with van der Waals surface area (Å²) in [5, 5.41) is 0.230. The molecule has 3 rings (SSSR count). The van der Waals surface area contributed by atoms with Crippen LogP contribution >= 0.6 is 0 Å². The van der Waals surface area contributed by atoms with Crippen molar-refractivity contribution in [2.75, 3.05) is 7.11 Å². The molecular formula is C18H14F3NO2. The van der Waals surface area contributed by atoms with Crippen LogP contribution in [0.4, 0.5) is 13.2 Å². The molecule has 0 amide bonds. The van der Waals surface area contributed by atoms with E-state index < -0.39 is 17.3 Å². The molecule has 0 saturated heterocycles. The van der Waals surface area contributed by atoms with E-state index in [1.165, 1.54) is 37.4 Å². The van der Waals surface area contributed by atoms with Gasteiger partial charge in [0.05, 0.1) is 12.7 Å². The summed E-state index contributed by atoms with van der Waals surface area (Å²) in [5.41, 5.74) is -0.932. The molecule has 1 aromatic heterocycles. The first kappa shape index (κ1) is 16.1. The number of halogens is 3. The number of pyridine rings is 1. The van der Waals surface area contributed by atoms with Crippen LogP contribution in [0.25, 0.3) is 22.0 Å². The number of hydrogen-bond donors (Lipinski definition) is 1. The van der Waals surface area contributed by atoms with Crippen LogP contribution in [0.3, 0.4) is 0 Å². The first-order chi connectivity index (χ1) is 11.3. The van der Waals surface area contributed by atoms with Gasteiger partial charge in [0.1, 0.15) is 11.4 Å². The van der Waals surface area contributed by atoms with Crippen LogP contribution in [-0.2, 0) is 6.18 Å². The first-order valence-electron chi connectivity index (χ1n) is 7.19. The fourth-order valence-electron chi connectivity index (χ4n) is 2.65. The SMILES string of the molecule is COc1ccc(-c2c(C(F)(F)F)[nH]c3ccc(C)cc3c2=O)cc1.